The van der Waals surface area contributed by atoms with Gasteiger partial charge in [-0.3, -0.25) is 19.2 Å². The zero-order valence-electron chi connectivity index (χ0n) is 25.1. The first-order valence-corrected chi connectivity index (χ1v) is 14.0. The molecule has 0 amide bonds. The third kappa shape index (κ3) is 6.31. The van der Waals surface area contributed by atoms with Crippen molar-refractivity contribution in [1.29, 1.82) is 0 Å². The van der Waals surface area contributed by atoms with Gasteiger partial charge in [-0.15, -0.1) is 0 Å². The Balaban J connectivity index is 1.76. The SMILES string of the molecule is CC(=O)Oc1cc(-c2c3nc(cc4ccc(cc5nc(cc6ccc2[nH]6)C=C5)[nH]4)C=C3)c(OC(C)=O)c(OC(C)=O)c1OC(C)=O. The third-order valence-corrected chi connectivity index (χ3v) is 6.64. The van der Waals surface area contributed by atoms with E-state index in [4.69, 9.17) is 23.9 Å². The number of hydrogen-bond acceptors (Lipinski definition) is 10. The van der Waals surface area contributed by atoms with Gasteiger partial charge in [0.15, 0.2) is 11.5 Å². The highest BCUT2D eigenvalue weighted by atomic mass is 16.6. The van der Waals surface area contributed by atoms with Gasteiger partial charge >= 0.3 is 23.9 Å². The molecular formula is C34H26N4O8. The van der Waals surface area contributed by atoms with E-state index in [0.29, 0.717) is 33.7 Å². The maximum Gasteiger partial charge on any atom is 0.308 e. The van der Waals surface area contributed by atoms with Gasteiger partial charge in [0.25, 0.3) is 0 Å². The summed E-state index contributed by atoms with van der Waals surface area (Å²) in [6, 6.07) is 14.5. The van der Waals surface area contributed by atoms with Crippen LogP contribution in [0.15, 0.2) is 48.5 Å². The molecular weight excluding hydrogens is 592 g/mol. The number of hydrogen-bond donors (Lipinski definition) is 2. The molecule has 12 nitrogen and oxygen atoms in total. The number of nitrogens with zero attached hydrogens (tertiary/aromatic N) is 2. The topological polar surface area (TPSA) is 163 Å². The molecule has 46 heavy (non-hydrogen) atoms. The van der Waals surface area contributed by atoms with Gasteiger partial charge in [-0.2, -0.15) is 0 Å². The van der Waals surface area contributed by atoms with Gasteiger partial charge in [0.2, 0.25) is 11.5 Å². The Bertz CT molecular complexity index is 2190. The van der Waals surface area contributed by atoms with Gasteiger partial charge in [0, 0.05) is 60.9 Å². The van der Waals surface area contributed by atoms with Crippen LogP contribution in [0.5, 0.6) is 23.0 Å². The van der Waals surface area contributed by atoms with Crippen LogP contribution in [0.2, 0.25) is 0 Å². The summed E-state index contributed by atoms with van der Waals surface area (Å²) in [5.41, 5.74) is 5.90. The van der Waals surface area contributed by atoms with Crippen molar-refractivity contribution in [2.24, 2.45) is 0 Å². The lowest BCUT2D eigenvalue weighted by Gasteiger charge is -2.19. The minimum absolute atomic E-state index is 0.142. The van der Waals surface area contributed by atoms with Crippen LogP contribution < -0.4 is 18.9 Å². The number of carbonyl (C=O) groups is 4. The van der Waals surface area contributed by atoms with Gasteiger partial charge < -0.3 is 28.9 Å². The van der Waals surface area contributed by atoms with E-state index in [0.717, 1.165) is 44.4 Å². The zero-order chi connectivity index (χ0) is 32.5. The molecule has 4 aromatic rings. The minimum Gasteiger partial charge on any atom is -0.423 e. The van der Waals surface area contributed by atoms with Gasteiger partial charge in [-0.25, -0.2) is 9.97 Å². The van der Waals surface area contributed by atoms with Crippen LogP contribution in [-0.4, -0.2) is 43.8 Å². The molecule has 5 heterocycles. The molecule has 8 bridgehead atoms. The zero-order valence-corrected chi connectivity index (χ0v) is 25.1. The fraction of sp³-hybridized carbons (Fsp3) is 0.118. The van der Waals surface area contributed by atoms with Crippen molar-refractivity contribution < 1.29 is 38.1 Å². The summed E-state index contributed by atoms with van der Waals surface area (Å²) < 4.78 is 21.9. The quantitative estimate of drug-likeness (QED) is 0.172. The molecule has 0 fully saturated rings. The molecule has 3 aromatic heterocycles. The second-order valence-corrected chi connectivity index (χ2v) is 10.3. The number of esters is 4. The summed E-state index contributed by atoms with van der Waals surface area (Å²) >= 11 is 0. The number of nitrogens with one attached hydrogen (secondary N) is 2. The smallest absolute Gasteiger partial charge is 0.308 e. The summed E-state index contributed by atoms with van der Waals surface area (Å²) in [7, 11) is 0. The van der Waals surface area contributed by atoms with Crippen molar-refractivity contribution in [2.75, 3.05) is 0 Å². The molecule has 2 aliphatic rings. The molecule has 6 rings (SSSR count). The number of rotatable bonds is 5. The van der Waals surface area contributed by atoms with Crippen molar-refractivity contribution in [3.8, 4) is 34.1 Å². The molecule has 0 aliphatic carbocycles. The first kappa shape index (κ1) is 29.8. The Hall–Kier alpha value is -6.30. The highest BCUT2D eigenvalue weighted by molar-refractivity contribution is 5.97. The van der Waals surface area contributed by atoms with Crippen LogP contribution in [0.25, 0.3) is 57.5 Å². The van der Waals surface area contributed by atoms with E-state index in [9.17, 15) is 19.2 Å². The Morgan fingerprint density at radius 2 is 1.04 bits per heavy atom. The van der Waals surface area contributed by atoms with E-state index in [1.54, 1.807) is 18.2 Å². The molecule has 12 heteroatoms. The fourth-order valence-electron chi connectivity index (χ4n) is 5.03. The molecule has 0 spiro atoms. The van der Waals surface area contributed by atoms with Crippen molar-refractivity contribution in [1.82, 2.24) is 19.9 Å². The standard InChI is InChI=1S/C34H26N4O8/c1-17(39)43-30-16-27(32(44-18(2)40)34(46-20(4)42)33(30)45-19(3)41)31-28-11-9-25(37-28)14-23-7-5-21(35-23)13-22-6-8-24(36-22)15-26-10-12-29(31)38-26/h5-16,35,38H,1-4H3. The molecule has 2 N–H and O–H groups in total. The molecule has 0 atom stereocenters. The highest BCUT2D eigenvalue weighted by Crippen LogP contribution is 2.52. The van der Waals surface area contributed by atoms with E-state index >= 15 is 0 Å². The monoisotopic (exact) mass is 618 g/mol. The average Bonchev–Trinajstić information content (AvgIpc) is 3.78. The number of aromatic amines is 2. The van der Waals surface area contributed by atoms with E-state index in [-0.39, 0.29) is 17.1 Å². The summed E-state index contributed by atoms with van der Waals surface area (Å²) in [5.74, 6) is -4.52. The second kappa shape index (κ2) is 12.0. The summed E-state index contributed by atoms with van der Waals surface area (Å²) in [6.45, 7) is 4.55. The van der Waals surface area contributed by atoms with Crippen LogP contribution in [0.3, 0.4) is 0 Å². The number of aromatic nitrogens is 4. The number of benzene rings is 1. The molecule has 2 aliphatic heterocycles. The van der Waals surface area contributed by atoms with Crippen molar-refractivity contribution in [3.63, 3.8) is 0 Å². The van der Waals surface area contributed by atoms with Crippen LogP contribution in [-0.2, 0) is 19.2 Å². The Kier molecular flexibility index (Phi) is 7.76. The van der Waals surface area contributed by atoms with Crippen molar-refractivity contribution in [2.45, 2.75) is 27.7 Å². The first-order chi connectivity index (χ1) is 22.0. The predicted molar refractivity (Wildman–Crippen MR) is 170 cm³/mol. The summed E-state index contributed by atoms with van der Waals surface area (Å²) in [6.07, 6.45) is 7.36. The molecule has 0 radical (unpaired) electrons. The van der Waals surface area contributed by atoms with Crippen LogP contribution in [0.4, 0.5) is 0 Å². The molecule has 0 saturated carbocycles. The van der Waals surface area contributed by atoms with Gasteiger partial charge in [0.05, 0.1) is 22.8 Å². The minimum atomic E-state index is -0.820. The summed E-state index contributed by atoms with van der Waals surface area (Å²) in [4.78, 5) is 65.3. The normalized spacial score (nSPS) is 11.7. The number of H-pyrrole nitrogens is 2. The summed E-state index contributed by atoms with van der Waals surface area (Å²) in [5, 5.41) is 0. The van der Waals surface area contributed by atoms with E-state index in [1.807, 2.05) is 48.6 Å². The first-order valence-electron chi connectivity index (χ1n) is 14.0. The van der Waals surface area contributed by atoms with E-state index in [2.05, 4.69) is 15.0 Å². The molecule has 1 aromatic carbocycles. The Morgan fingerprint density at radius 1 is 0.543 bits per heavy atom. The lowest BCUT2D eigenvalue weighted by atomic mass is 10.0. The number of ether oxygens (including phenoxy) is 4. The fourth-order valence-corrected chi connectivity index (χ4v) is 5.03. The van der Waals surface area contributed by atoms with Crippen LogP contribution in [0.1, 0.15) is 50.5 Å². The number of fused-ring (bicyclic) bond motifs is 8. The van der Waals surface area contributed by atoms with E-state index < -0.39 is 35.4 Å². The van der Waals surface area contributed by atoms with E-state index in [1.165, 1.54) is 6.07 Å². The van der Waals surface area contributed by atoms with Crippen molar-refractivity contribution >= 4 is 70.2 Å². The van der Waals surface area contributed by atoms with Gasteiger partial charge in [0.1, 0.15) is 0 Å². The van der Waals surface area contributed by atoms with Crippen molar-refractivity contribution in [3.05, 3.63) is 71.3 Å². The highest BCUT2D eigenvalue weighted by Gasteiger charge is 2.30. The van der Waals surface area contributed by atoms with Gasteiger partial charge in [-0.1, -0.05) is 0 Å². The maximum absolute atomic E-state index is 12.5. The maximum atomic E-state index is 12.5. The van der Waals surface area contributed by atoms with Crippen LogP contribution >= 0.6 is 0 Å². The van der Waals surface area contributed by atoms with Crippen LogP contribution in [0, 0.1) is 0 Å². The second-order valence-electron chi connectivity index (χ2n) is 10.3. The van der Waals surface area contributed by atoms with Gasteiger partial charge in [-0.05, 0) is 72.8 Å². The largest absolute Gasteiger partial charge is 0.423 e. The molecule has 0 saturated heterocycles. The average molecular weight is 619 g/mol. The third-order valence-electron chi connectivity index (χ3n) is 6.64. The molecule has 230 valence electrons. The number of carbonyl (C=O) groups excluding carboxylic acids is 4. The molecule has 0 unspecified atom stereocenters. The predicted octanol–water partition coefficient (Wildman–Crippen LogP) is 6.02. The lowest BCUT2D eigenvalue weighted by Crippen LogP contribution is -2.14. The Labute approximate surface area is 261 Å². The Morgan fingerprint density at radius 3 is 1.65 bits per heavy atom. The lowest BCUT2D eigenvalue weighted by molar-refractivity contribution is -0.136.